The zero-order chi connectivity index (χ0) is 11.5. The molecule has 0 N–H and O–H groups in total. The third-order valence-electron chi connectivity index (χ3n) is 1.56. The minimum Gasteiger partial charge on any atom is -0.320 e. The second-order valence-corrected chi connectivity index (χ2v) is 7.73. The van der Waals surface area contributed by atoms with Gasteiger partial charge in [-0.3, -0.25) is 0 Å². The maximum atomic E-state index is 5.92. The number of hydrogen-bond donors (Lipinski definition) is 0. The molecule has 0 spiro atoms. The highest BCUT2D eigenvalue weighted by Gasteiger charge is 2.36. The maximum Gasteiger partial charge on any atom is 0.314 e. The van der Waals surface area contributed by atoms with E-state index in [9.17, 15) is 0 Å². The first-order valence-corrected chi connectivity index (χ1v) is 7.60. The zero-order valence-corrected chi connectivity index (χ0v) is 11.0. The van der Waals surface area contributed by atoms with Gasteiger partial charge >= 0.3 is 7.72 Å². The molecule has 0 saturated carbocycles. The van der Waals surface area contributed by atoms with E-state index >= 15 is 0 Å². The van der Waals surface area contributed by atoms with E-state index in [1.807, 2.05) is 64.4 Å². The van der Waals surface area contributed by atoms with Gasteiger partial charge in [-0.2, -0.15) is 4.52 Å². The summed E-state index contributed by atoms with van der Waals surface area (Å²) in [5.74, 6) is 0.875. The average molecular weight is 227 g/mol. The van der Waals surface area contributed by atoms with Crippen LogP contribution in [0.25, 0.3) is 0 Å². The number of benzene rings is 1. The topological polar surface area (TPSA) is 18.5 Å². The van der Waals surface area contributed by atoms with Crippen molar-refractivity contribution in [3.8, 4) is 5.75 Å². The molecule has 0 atom stereocenters. The summed E-state index contributed by atoms with van der Waals surface area (Å²) in [5, 5.41) is 0. The lowest BCUT2D eigenvalue weighted by Crippen LogP contribution is -2.21. The van der Waals surface area contributed by atoms with Gasteiger partial charge in [-0.25, -0.2) is 0 Å². The summed E-state index contributed by atoms with van der Waals surface area (Å²) in [6.07, 6.45) is 0. The van der Waals surface area contributed by atoms with Crippen LogP contribution in [0.5, 0.6) is 5.75 Å². The van der Waals surface area contributed by atoms with Gasteiger partial charge < -0.3 is 4.52 Å². The molecule has 2 nitrogen and oxygen atoms in total. The lowest BCUT2D eigenvalue weighted by Gasteiger charge is -2.24. The second kappa shape index (κ2) is 4.51. The van der Waals surface area contributed by atoms with Crippen LogP contribution in [-0.2, 0) is 4.52 Å². The first-order valence-electron chi connectivity index (χ1n) is 5.08. The Labute approximate surface area is 93.1 Å². The molecule has 84 valence electrons. The van der Waals surface area contributed by atoms with Gasteiger partial charge in [0.1, 0.15) is 18.9 Å². The highest BCUT2D eigenvalue weighted by Crippen LogP contribution is 2.55. The van der Waals surface area contributed by atoms with Crippen molar-refractivity contribution in [3.05, 3.63) is 30.3 Å². The van der Waals surface area contributed by atoms with Gasteiger partial charge in [0.2, 0.25) is 0 Å². The third-order valence-corrected chi connectivity index (χ3v) is 3.20. The highest BCUT2D eigenvalue weighted by atomic mass is 31.2. The van der Waals surface area contributed by atoms with Crippen molar-refractivity contribution in [2.75, 3.05) is 13.3 Å². The average Bonchev–Trinajstić information content (AvgIpc) is 1.99. The normalized spacial score (nSPS) is 12.6. The summed E-state index contributed by atoms with van der Waals surface area (Å²) in [7, 11) is -1.79. The molecular formula is C12H20O2P+. The smallest absolute Gasteiger partial charge is 0.314 e. The van der Waals surface area contributed by atoms with Crippen molar-refractivity contribution in [1.82, 2.24) is 0 Å². The van der Waals surface area contributed by atoms with Gasteiger partial charge in [-0.15, -0.1) is 0 Å². The molecule has 0 aliphatic heterocycles. The Kier molecular flexibility index (Phi) is 3.75. The molecule has 1 rings (SSSR count). The van der Waals surface area contributed by atoms with E-state index in [4.69, 9.17) is 9.05 Å². The fourth-order valence-electron chi connectivity index (χ4n) is 1.41. The molecule has 0 aliphatic carbocycles. The van der Waals surface area contributed by atoms with Crippen molar-refractivity contribution < 1.29 is 9.05 Å². The molecule has 15 heavy (non-hydrogen) atoms. The first-order chi connectivity index (χ1) is 6.79. The Morgan fingerprint density at radius 1 is 1.00 bits per heavy atom. The van der Waals surface area contributed by atoms with Crippen LogP contribution in [0.3, 0.4) is 0 Å². The summed E-state index contributed by atoms with van der Waals surface area (Å²) < 4.78 is 11.8. The Bertz CT molecular complexity index is 301. The Hall–Kier alpha value is -0.590. The van der Waals surface area contributed by atoms with Gasteiger partial charge in [0.25, 0.3) is 0 Å². The van der Waals surface area contributed by atoms with Crippen LogP contribution in [0.2, 0.25) is 0 Å². The quantitative estimate of drug-likeness (QED) is 0.727. The van der Waals surface area contributed by atoms with E-state index < -0.39 is 7.72 Å². The SMILES string of the molecule is CC(C)(C)O[P+](C)(C)Oc1ccccc1. The van der Waals surface area contributed by atoms with Crippen molar-refractivity contribution in [2.45, 2.75) is 26.4 Å². The standard InChI is InChI=1S/C12H20O2P/c1-12(2,3)14-15(4,5)13-11-9-7-6-8-10-11/h6-10H,1-5H3/q+1. The number of rotatable bonds is 3. The van der Waals surface area contributed by atoms with E-state index in [0.29, 0.717) is 0 Å². The second-order valence-electron chi connectivity index (χ2n) is 4.86. The lowest BCUT2D eigenvalue weighted by molar-refractivity contribution is 0.129. The highest BCUT2D eigenvalue weighted by molar-refractivity contribution is 7.65. The summed E-state index contributed by atoms with van der Waals surface area (Å²) in [4.78, 5) is 0. The van der Waals surface area contributed by atoms with E-state index in [2.05, 4.69) is 0 Å². The first kappa shape index (κ1) is 12.5. The molecule has 1 aromatic rings. The monoisotopic (exact) mass is 227 g/mol. The van der Waals surface area contributed by atoms with E-state index in [1.165, 1.54) is 0 Å². The fraction of sp³-hybridized carbons (Fsp3) is 0.500. The molecule has 0 saturated heterocycles. The molecule has 0 heterocycles. The molecule has 0 aliphatic rings. The maximum absolute atomic E-state index is 5.92. The molecule has 0 fully saturated rings. The summed E-state index contributed by atoms with van der Waals surface area (Å²) in [6, 6.07) is 9.81. The molecule has 0 bridgehead atoms. The van der Waals surface area contributed by atoms with Crippen LogP contribution in [0.1, 0.15) is 20.8 Å². The number of hydrogen-bond acceptors (Lipinski definition) is 2. The van der Waals surface area contributed by atoms with Crippen molar-refractivity contribution in [1.29, 1.82) is 0 Å². The van der Waals surface area contributed by atoms with Gasteiger partial charge in [0, 0.05) is 0 Å². The van der Waals surface area contributed by atoms with Gasteiger partial charge in [-0.05, 0) is 32.9 Å². The van der Waals surface area contributed by atoms with Crippen LogP contribution in [0.4, 0.5) is 0 Å². The van der Waals surface area contributed by atoms with Gasteiger partial charge in [-0.1, -0.05) is 18.2 Å². The molecule has 0 unspecified atom stereocenters. The predicted octanol–water partition coefficient (Wildman–Crippen LogP) is 3.99. The van der Waals surface area contributed by atoms with E-state index in [1.54, 1.807) is 0 Å². The van der Waals surface area contributed by atoms with E-state index in [-0.39, 0.29) is 5.60 Å². The van der Waals surface area contributed by atoms with Gasteiger partial charge in [0.05, 0.1) is 0 Å². The minimum absolute atomic E-state index is 0.161. The Morgan fingerprint density at radius 2 is 1.53 bits per heavy atom. The predicted molar refractivity (Wildman–Crippen MR) is 66.7 cm³/mol. The minimum atomic E-state index is -1.79. The Morgan fingerprint density at radius 3 is 2.00 bits per heavy atom. The third kappa shape index (κ3) is 5.15. The van der Waals surface area contributed by atoms with Crippen molar-refractivity contribution in [2.24, 2.45) is 0 Å². The van der Waals surface area contributed by atoms with E-state index in [0.717, 1.165) is 5.75 Å². The van der Waals surface area contributed by atoms with Gasteiger partial charge in [0.15, 0.2) is 5.75 Å². The molecular weight excluding hydrogens is 207 g/mol. The van der Waals surface area contributed by atoms with Crippen molar-refractivity contribution >= 4 is 7.72 Å². The molecule has 0 amide bonds. The summed E-state index contributed by atoms with van der Waals surface area (Å²) >= 11 is 0. The largest absolute Gasteiger partial charge is 0.320 e. The Balaban J connectivity index is 2.65. The molecule has 1 aromatic carbocycles. The molecule has 0 aromatic heterocycles. The van der Waals surface area contributed by atoms with Crippen LogP contribution in [0.15, 0.2) is 30.3 Å². The van der Waals surface area contributed by atoms with Crippen LogP contribution < -0.4 is 4.52 Å². The van der Waals surface area contributed by atoms with Crippen molar-refractivity contribution in [3.63, 3.8) is 0 Å². The van der Waals surface area contributed by atoms with Crippen LogP contribution in [-0.4, -0.2) is 18.9 Å². The van der Waals surface area contributed by atoms with Crippen LogP contribution >= 0.6 is 7.72 Å². The zero-order valence-electron chi connectivity index (χ0n) is 10.2. The molecule has 0 radical (unpaired) electrons. The fourth-order valence-corrected chi connectivity index (χ4v) is 3.40. The summed E-state index contributed by atoms with van der Waals surface area (Å²) in [5.41, 5.74) is -0.161. The lowest BCUT2D eigenvalue weighted by atomic mass is 10.2. The van der Waals surface area contributed by atoms with Crippen LogP contribution in [0, 0.1) is 0 Å². The number of para-hydroxylation sites is 1. The summed E-state index contributed by atoms with van der Waals surface area (Å²) in [6.45, 7) is 10.2. The molecule has 3 heteroatoms.